The smallest absolute Gasteiger partial charge is 0.251 e. The number of benzene rings is 1. The minimum atomic E-state index is -0.301. The van der Waals surface area contributed by atoms with Crippen molar-refractivity contribution < 1.29 is 4.79 Å². The number of allylic oxidation sites excluding steroid dienone is 1. The van der Waals surface area contributed by atoms with Crippen LogP contribution < -0.4 is 5.32 Å². The highest BCUT2D eigenvalue weighted by molar-refractivity contribution is 7.71. The molecule has 1 heterocycles. The molecule has 2 aromatic rings. The van der Waals surface area contributed by atoms with E-state index in [2.05, 4.69) is 22.1 Å². The molecule has 0 fully saturated rings. The van der Waals surface area contributed by atoms with Crippen molar-refractivity contribution in [2.24, 2.45) is 0 Å². The van der Waals surface area contributed by atoms with Gasteiger partial charge in [0.25, 0.3) is 5.91 Å². The van der Waals surface area contributed by atoms with Crippen LogP contribution in [0.4, 0.5) is 0 Å². The summed E-state index contributed by atoms with van der Waals surface area (Å²) in [7, 11) is 0. The van der Waals surface area contributed by atoms with Crippen LogP contribution in [0.2, 0.25) is 5.02 Å². The fraction of sp³-hybridized carbons (Fsp3) is 0.214. The highest BCUT2D eigenvalue weighted by Gasteiger charge is 2.17. The van der Waals surface area contributed by atoms with Gasteiger partial charge in [-0.1, -0.05) is 23.7 Å². The second kappa shape index (κ2) is 6.69. The summed E-state index contributed by atoms with van der Waals surface area (Å²) in [6, 6.07) is 6.47. The molecule has 0 aliphatic heterocycles. The Morgan fingerprint density at radius 1 is 1.67 bits per heavy atom. The Morgan fingerprint density at radius 2 is 2.43 bits per heavy atom. The molecule has 0 saturated heterocycles. The molecular weight excluding hydrogens is 308 g/mol. The molecule has 1 aromatic heterocycles. The average Bonchev–Trinajstić information content (AvgIpc) is 2.81. The number of carbonyl (C=O) groups excluding carboxylic acids is 1. The van der Waals surface area contributed by atoms with E-state index in [0.717, 1.165) is 0 Å². The molecule has 7 heteroatoms. The zero-order valence-electron chi connectivity index (χ0n) is 11.5. The molecule has 0 aliphatic rings. The van der Waals surface area contributed by atoms with Crippen LogP contribution in [0.15, 0.2) is 36.9 Å². The predicted octanol–water partition coefficient (Wildman–Crippen LogP) is 3.27. The van der Waals surface area contributed by atoms with E-state index in [9.17, 15) is 4.79 Å². The number of rotatable bonds is 5. The average molecular weight is 323 g/mol. The molecule has 2 rings (SSSR count). The molecule has 1 amide bonds. The molecule has 1 aromatic carbocycles. The van der Waals surface area contributed by atoms with E-state index in [1.165, 1.54) is 0 Å². The third kappa shape index (κ3) is 3.59. The van der Waals surface area contributed by atoms with Gasteiger partial charge in [0.2, 0.25) is 0 Å². The Hall–Kier alpha value is -1.92. The number of nitrogens with one attached hydrogen (secondary N) is 2. The van der Waals surface area contributed by atoms with Crippen molar-refractivity contribution in [3.8, 4) is 0 Å². The molecule has 2 N–H and O–H groups in total. The number of hydrogen-bond acceptors (Lipinski definition) is 3. The molecule has 110 valence electrons. The lowest BCUT2D eigenvalue weighted by Gasteiger charge is -2.14. The monoisotopic (exact) mass is 322 g/mol. The number of aromatic amines is 1. The number of halogens is 1. The van der Waals surface area contributed by atoms with Crippen LogP contribution in [0.3, 0.4) is 0 Å². The molecule has 0 saturated carbocycles. The van der Waals surface area contributed by atoms with Crippen molar-refractivity contribution in [3.05, 3.63) is 58.1 Å². The van der Waals surface area contributed by atoms with Gasteiger partial charge < -0.3 is 5.32 Å². The second-order valence-electron chi connectivity index (χ2n) is 4.49. The maximum absolute atomic E-state index is 12.2. The van der Waals surface area contributed by atoms with Crippen LogP contribution in [0.5, 0.6) is 0 Å². The van der Waals surface area contributed by atoms with Gasteiger partial charge in [-0.05, 0) is 37.3 Å². The van der Waals surface area contributed by atoms with Gasteiger partial charge >= 0.3 is 0 Å². The van der Waals surface area contributed by atoms with Gasteiger partial charge in [0.05, 0.1) is 6.04 Å². The number of carbonyl (C=O) groups is 1. The minimum Gasteiger partial charge on any atom is -0.342 e. The summed E-state index contributed by atoms with van der Waals surface area (Å²) < 4.78 is 2.28. The van der Waals surface area contributed by atoms with Crippen molar-refractivity contribution in [1.29, 1.82) is 0 Å². The number of hydrogen-bond donors (Lipinski definition) is 2. The molecule has 1 atom stereocenters. The Balaban J connectivity index is 2.18. The Bertz CT molecular complexity index is 722. The van der Waals surface area contributed by atoms with Gasteiger partial charge in [-0.25, -0.2) is 0 Å². The number of aromatic nitrogens is 3. The Kier molecular flexibility index (Phi) is 4.93. The second-order valence-corrected chi connectivity index (χ2v) is 5.31. The summed E-state index contributed by atoms with van der Waals surface area (Å²) in [5, 5.41) is 10.3. The zero-order chi connectivity index (χ0) is 15.4. The van der Waals surface area contributed by atoms with Gasteiger partial charge in [-0.2, -0.15) is 5.10 Å². The van der Waals surface area contributed by atoms with E-state index >= 15 is 0 Å². The molecule has 0 aliphatic carbocycles. The predicted molar refractivity (Wildman–Crippen MR) is 84.9 cm³/mol. The highest BCUT2D eigenvalue weighted by atomic mass is 35.5. The lowest BCUT2D eigenvalue weighted by Crippen LogP contribution is -2.28. The van der Waals surface area contributed by atoms with Gasteiger partial charge in [0, 0.05) is 17.1 Å². The van der Waals surface area contributed by atoms with E-state index in [0.29, 0.717) is 27.7 Å². The van der Waals surface area contributed by atoms with Crippen molar-refractivity contribution in [2.45, 2.75) is 19.5 Å². The van der Waals surface area contributed by atoms with Crippen LogP contribution in [0.25, 0.3) is 0 Å². The SMILES string of the molecule is C=CCn1c([C@H](C)NC(=O)c2cccc(Cl)c2)n[nH]c1=S. The fourth-order valence-corrected chi connectivity index (χ4v) is 2.34. The number of amides is 1. The van der Waals surface area contributed by atoms with Gasteiger partial charge in [-0.15, -0.1) is 6.58 Å². The minimum absolute atomic E-state index is 0.218. The standard InChI is InChI=1S/C14H15ClN4OS/c1-3-7-19-12(17-18-14(19)21)9(2)16-13(20)10-5-4-6-11(15)8-10/h3-6,8-9H,1,7H2,2H3,(H,16,20)(H,18,21)/t9-/m0/s1. The molecule has 5 nitrogen and oxygen atoms in total. The third-order valence-electron chi connectivity index (χ3n) is 2.92. The first-order valence-corrected chi connectivity index (χ1v) is 7.14. The fourth-order valence-electron chi connectivity index (χ4n) is 1.94. The summed E-state index contributed by atoms with van der Waals surface area (Å²) in [5.74, 6) is 0.430. The first kappa shape index (κ1) is 15.5. The van der Waals surface area contributed by atoms with Crippen molar-refractivity contribution in [1.82, 2.24) is 20.1 Å². The lowest BCUT2D eigenvalue weighted by atomic mass is 10.2. The quantitative estimate of drug-likeness (QED) is 0.656. The third-order valence-corrected chi connectivity index (χ3v) is 3.47. The summed E-state index contributed by atoms with van der Waals surface area (Å²) in [6.45, 7) is 6.05. The van der Waals surface area contributed by atoms with Gasteiger partial charge in [0.15, 0.2) is 10.6 Å². The van der Waals surface area contributed by atoms with Crippen molar-refractivity contribution in [3.63, 3.8) is 0 Å². The van der Waals surface area contributed by atoms with E-state index in [4.69, 9.17) is 23.8 Å². The van der Waals surface area contributed by atoms with Crippen molar-refractivity contribution in [2.75, 3.05) is 0 Å². The van der Waals surface area contributed by atoms with Crippen LogP contribution in [-0.2, 0) is 6.54 Å². The molecule has 0 radical (unpaired) electrons. The summed E-state index contributed by atoms with van der Waals surface area (Å²) in [4.78, 5) is 12.2. The Labute approximate surface area is 132 Å². The number of H-pyrrole nitrogens is 1. The van der Waals surface area contributed by atoms with Crippen LogP contribution in [0, 0.1) is 4.77 Å². The van der Waals surface area contributed by atoms with Crippen molar-refractivity contribution >= 4 is 29.7 Å². The molecule has 0 spiro atoms. The molecular formula is C14H15ClN4OS. The maximum Gasteiger partial charge on any atom is 0.251 e. The van der Waals surface area contributed by atoms with E-state index in [1.54, 1.807) is 34.9 Å². The first-order valence-electron chi connectivity index (χ1n) is 6.35. The molecule has 0 bridgehead atoms. The van der Waals surface area contributed by atoms with E-state index in [-0.39, 0.29) is 11.9 Å². The van der Waals surface area contributed by atoms with Gasteiger partial charge in [0.1, 0.15) is 0 Å². The van der Waals surface area contributed by atoms with E-state index in [1.807, 2.05) is 6.92 Å². The summed E-state index contributed by atoms with van der Waals surface area (Å²) in [5.41, 5.74) is 0.499. The summed E-state index contributed by atoms with van der Waals surface area (Å²) >= 11 is 11.0. The molecule has 0 unspecified atom stereocenters. The largest absolute Gasteiger partial charge is 0.342 e. The van der Waals surface area contributed by atoms with Crippen LogP contribution in [-0.4, -0.2) is 20.7 Å². The Morgan fingerprint density at radius 3 is 3.10 bits per heavy atom. The lowest BCUT2D eigenvalue weighted by molar-refractivity contribution is 0.0937. The van der Waals surface area contributed by atoms with E-state index < -0.39 is 0 Å². The summed E-state index contributed by atoms with van der Waals surface area (Å²) in [6.07, 6.45) is 1.72. The normalized spacial score (nSPS) is 11.9. The zero-order valence-corrected chi connectivity index (χ0v) is 13.0. The maximum atomic E-state index is 12.2. The van der Waals surface area contributed by atoms with Gasteiger partial charge in [-0.3, -0.25) is 14.5 Å². The number of nitrogens with zero attached hydrogens (tertiary/aromatic N) is 2. The first-order chi connectivity index (χ1) is 10.0. The topological polar surface area (TPSA) is 62.7 Å². The van der Waals surface area contributed by atoms with Crippen LogP contribution >= 0.6 is 23.8 Å². The molecule has 21 heavy (non-hydrogen) atoms. The highest BCUT2D eigenvalue weighted by Crippen LogP contribution is 2.14. The van der Waals surface area contributed by atoms with Crippen LogP contribution in [0.1, 0.15) is 29.1 Å².